The molecule has 1 unspecified atom stereocenters. The summed E-state index contributed by atoms with van der Waals surface area (Å²) in [5.74, 6) is -1.19. The molecule has 0 aliphatic heterocycles. The van der Waals surface area contributed by atoms with Gasteiger partial charge in [0.2, 0.25) is 5.91 Å². The van der Waals surface area contributed by atoms with Crippen LogP contribution in [0.5, 0.6) is 0 Å². The molecular weight excluding hydrogens is 242 g/mol. The zero-order valence-electron chi connectivity index (χ0n) is 11.7. The summed E-state index contributed by atoms with van der Waals surface area (Å²) in [7, 11) is 1.74. The topological polar surface area (TPSA) is 57.6 Å². The molecular formula is C15H21NO3. The van der Waals surface area contributed by atoms with E-state index in [1.165, 1.54) is 0 Å². The lowest BCUT2D eigenvalue weighted by molar-refractivity contribution is -0.138. The van der Waals surface area contributed by atoms with Crippen LogP contribution in [0.1, 0.15) is 33.1 Å². The van der Waals surface area contributed by atoms with E-state index < -0.39 is 5.97 Å². The molecule has 4 nitrogen and oxygen atoms in total. The lowest BCUT2D eigenvalue weighted by Gasteiger charge is -2.23. The molecule has 0 saturated heterocycles. The van der Waals surface area contributed by atoms with Crippen molar-refractivity contribution in [2.75, 3.05) is 7.05 Å². The monoisotopic (exact) mass is 263 g/mol. The predicted molar refractivity (Wildman–Crippen MR) is 74.4 cm³/mol. The summed E-state index contributed by atoms with van der Waals surface area (Å²) in [6.07, 6.45) is 9.05. The second kappa shape index (κ2) is 6.92. The van der Waals surface area contributed by atoms with Gasteiger partial charge in [0.15, 0.2) is 0 Å². The Kier molecular flexibility index (Phi) is 5.55. The third-order valence-electron chi connectivity index (χ3n) is 3.27. The van der Waals surface area contributed by atoms with Crippen LogP contribution in [-0.4, -0.2) is 28.9 Å². The number of carbonyl (C=O) groups is 2. The highest BCUT2D eigenvalue weighted by atomic mass is 16.4. The van der Waals surface area contributed by atoms with Crippen molar-refractivity contribution in [3.8, 4) is 0 Å². The van der Waals surface area contributed by atoms with E-state index in [1.54, 1.807) is 18.9 Å². The van der Waals surface area contributed by atoms with Crippen molar-refractivity contribution >= 4 is 11.9 Å². The molecule has 0 aromatic rings. The summed E-state index contributed by atoms with van der Waals surface area (Å²) in [5, 5.41) is 8.66. The molecule has 0 bridgehead atoms. The minimum atomic E-state index is -0.865. The highest BCUT2D eigenvalue weighted by Crippen LogP contribution is 2.20. The molecule has 1 amide bonds. The molecule has 19 heavy (non-hydrogen) atoms. The van der Waals surface area contributed by atoms with Gasteiger partial charge in [0.05, 0.1) is 0 Å². The summed E-state index contributed by atoms with van der Waals surface area (Å²) < 4.78 is 0. The fourth-order valence-corrected chi connectivity index (χ4v) is 2.03. The Balaban J connectivity index is 2.73. The van der Waals surface area contributed by atoms with E-state index in [9.17, 15) is 9.59 Å². The highest BCUT2D eigenvalue weighted by molar-refractivity contribution is 5.81. The molecule has 1 atom stereocenters. The van der Waals surface area contributed by atoms with E-state index in [0.717, 1.165) is 17.7 Å². The molecule has 0 spiro atoms. The average molecular weight is 263 g/mol. The molecule has 4 heteroatoms. The lowest BCUT2D eigenvalue weighted by Crippen LogP contribution is -2.31. The van der Waals surface area contributed by atoms with Gasteiger partial charge in [-0.25, -0.2) is 0 Å². The lowest BCUT2D eigenvalue weighted by atomic mass is 10.0. The minimum absolute atomic E-state index is 0.0240. The smallest absolute Gasteiger partial charge is 0.303 e. The first-order valence-electron chi connectivity index (χ1n) is 6.45. The van der Waals surface area contributed by atoms with Crippen molar-refractivity contribution in [1.82, 2.24) is 4.90 Å². The number of likely N-dealkylation sites (N-methyl/N-ethyl adjacent to an activating group) is 1. The van der Waals surface area contributed by atoms with Crippen molar-refractivity contribution < 1.29 is 14.7 Å². The summed E-state index contributed by atoms with van der Waals surface area (Å²) in [5.41, 5.74) is 2.03. The number of rotatable bonds is 5. The number of amides is 1. The molecule has 0 radical (unpaired) electrons. The maximum atomic E-state index is 12.3. The van der Waals surface area contributed by atoms with E-state index >= 15 is 0 Å². The molecule has 1 aliphatic carbocycles. The zero-order chi connectivity index (χ0) is 14.4. The van der Waals surface area contributed by atoms with Crippen LogP contribution in [0.4, 0.5) is 0 Å². The maximum absolute atomic E-state index is 12.3. The van der Waals surface area contributed by atoms with Crippen LogP contribution in [-0.2, 0) is 9.59 Å². The van der Waals surface area contributed by atoms with Gasteiger partial charge in [-0.1, -0.05) is 25.2 Å². The van der Waals surface area contributed by atoms with Crippen molar-refractivity contribution in [1.29, 1.82) is 0 Å². The number of hydrogen-bond donors (Lipinski definition) is 1. The number of hydrogen-bond acceptors (Lipinski definition) is 2. The third kappa shape index (κ3) is 4.39. The van der Waals surface area contributed by atoms with E-state index in [-0.39, 0.29) is 18.2 Å². The second-order valence-corrected chi connectivity index (χ2v) is 4.89. The van der Waals surface area contributed by atoms with Gasteiger partial charge in [0, 0.05) is 25.1 Å². The summed E-state index contributed by atoms with van der Waals surface area (Å²) in [6.45, 7) is 3.78. The number of carbonyl (C=O) groups excluding carboxylic acids is 1. The molecule has 0 saturated carbocycles. The van der Waals surface area contributed by atoms with Crippen molar-refractivity contribution in [2.24, 2.45) is 5.92 Å². The van der Waals surface area contributed by atoms with Crippen molar-refractivity contribution in [3.63, 3.8) is 0 Å². The minimum Gasteiger partial charge on any atom is -0.481 e. The standard InChI is InChI=1S/C15H21NO3/c1-11-7-5-4-6-8-13(11)16(3)15(19)12(2)9-10-14(17)18/h4-6,8,12H,7,9-10H2,1-3H3,(H,17,18). The average Bonchev–Trinajstić information content (AvgIpc) is 2.58. The molecule has 0 fully saturated rings. The van der Waals surface area contributed by atoms with E-state index in [0.29, 0.717) is 6.42 Å². The van der Waals surface area contributed by atoms with Crippen LogP contribution in [0.25, 0.3) is 0 Å². The van der Waals surface area contributed by atoms with Crippen molar-refractivity contribution in [2.45, 2.75) is 33.1 Å². The highest BCUT2D eigenvalue weighted by Gasteiger charge is 2.21. The van der Waals surface area contributed by atoms with Gasteiger partial charge < -0.3 is 10.0 Å². The number of aliphatic carboxylic acids is 1. The van der Waals surface area contributed by atoms with Gasteiger partial charge in [-0.15, -0.1) is 0 Å². The van der Waals surface area contributed by atoms with Crippen LogP contribution in [0.15, 0.2) is 35.6 Å². The Labute approximate surface area is 114 Å². The first kappa shape index (κ1) is 15.2. The Bertz CT molecular complexity index is 446. The molecule has 0 aromatic carbocycles. The Morgan fingerprint density at radius 3 is 2.74 bits per heavy atom. The van der Waals surface area contributed by atoms with Crippen LogP contribution in [0.3, 0.4) is 0 Å². The number of carboxylic acids is 1. The first-order chi connectivity index (χ1) is 8.93. The number of nitrogens with zero attached hydrogens (tertiary/aromatic N) is 1. The van der Waals surface area contributed by atoms with Crippen LogP contribution in [0.2, 0.25) is 0 Å². The number of allylic oxidation sites excluding steroid dienone is 5. The van der Waals surface area contributed by atoms with E-state index in [2.05, 4.69) is 0 Å². The Hall–Kier alpha value is -1.84. The molecule has 0 heterocycles. The van der Waals surface area contributed by atoms with Crippen LogP contribution >= 0.6 is 0 Å². The van der Waals surface area contributed by atoms with Gasteiger partial charge in [-0.3, -0.25) is 9.59 Å². The number of carboxylic acid groups (broad SMARTS) is 1. The zero-order valence-corrected chi connectivity index (χ0v) is 11.7. The van der Waals surface area contributed by atoms with Crippen molar-refractivity contribution in [3.05, 3.63) is 35.6 Å². The van der Waals surface area contributed by atoms with Crippen LogP contribution in [0, 0.1) is 5.92 Å². The Morgan fingerprint density at radius 2 is 2.11 bits per heavy atom. The second-order valence-electron chi connectivity index (χ2n) is 4.89. The van der Waals surface area contributed by atoms with E-state index in [1.807, 2.05) is 31.2 Å². The van der Waals surface area contributed by atoms with Gasteiger partial charge in [0.1, 0.15) is 0 Å². The van der Waals surface area contributed by atoms with Gasteiger partial charge in [-0.05, 0) is 31.4 Å². The normalized spacial score (nSPS) is 16.2. The fraction of sp³-hybridized carbons (Fsp3) is 0.467. The first-order valence-corrected chi connectivity index (χ1v) is 6.45. The summed E-state index contributed by atoms with van der Waals surface area (Å²) >= 11 is 0. The van der Waals surface area contributed by atoms with Gasteiger partial charge in [0.25, 0.3) is 0 Å². The molecule has 104 valence electrons. The molecule has 1 aliphatic rings. The molecule has 1 rings (SSSR count). The Morgan fingerprint density at radius 1 is 1.42 bits per heavy atom. The predicted octanol–water partition coefficient (Wildman–Crippen LogP) is 2.74. The summed E-state index contributed by atoms with van der Waals surface area (Å²) in [4.78, 5) is 24.4. The maximum Gasteiger partial charge on any atom is 0.303 e. The largest absolute Gasteiger partial charge is 0.481 e. The SMILES string of the molecule is CC1=C(N(C)C(=O)C(C)CCC(=O)O)C=CC=CC1. The van der Waals surface area contributed by atoms with Gasteiger partial charge in [-0.2, -0.15) is 0 Å². The van der Waals surface area contributed by atoms with Crippen LogP contribution < -0.4 is 0 Å². The van der Waals surface area contributed by atoms with Gasteiger partial charge >= 0.3 is 5.97 Å². The quantitative estimate of drug-likeness (QED) is 0.829. The fourth-order valence-electron chi connectivity index (χ4n) is 2.03. The third-order valence-corrected chi connectivity index (χ3v) is 3.27. The molecule has 1 N–H and O–H groups in total. The molecule has 0 aromatic heterocycles. The summed E-state index contributed by atoms with van der Waals surface area (Å²) in [6, 6.07) is 0. The van der Waals surface area contributed by atoms with E-state index in [4.69, 9.17) is 5.11 Å².